The van der Waals surface area contributed by atoms with Gasteiger partial charge in [0.25, 0.3) is 0 Å². The van der Waals surface area contributed by atoms with Gasteiger partial charge in [0.05, 0.1) is 5.75 Å². The number of carbonyl (C=O) groups is 2. The highest BCUT2D eigenvalue weighted by molar-refractivity contribution is 8.00. The zero-order valence-corrected chi connectivity index (χ0v) is 15.5. The van der Waals surface area contributed by atoms with Gasteiger partial charge in [0, 0.05) is 16.8 Å². The number of aryl methyl sites for hydroxylation is 2. The Morgan fingerprint density at radius 2 is 2.24 bits per heavy atom. The smallest absolute Gasteiger partial charge is 0.242 e. The van der Waals surface area contributed by atoms with Gasteiger partial charge < -0.3 is 10.6 Å². The normalized spacial score (nSPS) is 20.2. The van der Waals surface area contributed by atoms with E-state index in [2.05, 4.69) is 20.6 Å². The van der Waals surface area contributed by atoms with E-state index >= 15 is 0 Å². The third kappa shape index (κ3) is 3.50. The molecule has 0 unspecified atom stereocenters. The predicted octanol–water partition coefficient (Wildman–Crippen LogP) is 2.06. The molecule has 3 heterocycles. The fourth-order valence-electron chi connectivity index (χ4n) is 3.46. The van der Waals surface area contributed by atoms with Crippen molar-refractivity contribution >= 4 is 45.1 Å². The van der Waals surface area contributed by atoms with E-state index in [1.807, 2.05) is 0 Å². The van der Waals surface area contributed by atoms with Gasteiger partial charge in [-0.1, -0.05) is 11.8 Å². The maximum Gasteiger partial charge on any atom is 0.242 e. The van der Waals surface area contributed by atoms with Crippen LogP contribution in [0.5, 0.6) is 0 Å². The van der Waals surface area contributed by atoms with Crippen LogP contribution in [0.15, 0.2) is 11.4 Å². The van der Waals surface area contributed by atoms with Crippen LogP contribution in [0.3, 0.4) is 0 Å². The number of nitrogens with one attached hydrogen (secondary N) is 2. The second-order valence-electron chi connectivity index (χ2n) is 6.41. The molecule has 2 N–H and O–H groups in total. The Bertz CT molecular complexity index is 820. The standard InChI is InChI=1S/C17H20N4O2S2/c22-13(21-11-5-1-2-7-18-15(11)23)8-24-16-14-10-4-3-6-12(10)25-17(14)20-9-19-16/h9,11H,1-8H2,(H,18,23)(H,21,22)/t11-/m0/s1. The number of thiophene rings is 1. The van der Waals surface area contributed by atoms with Gasteiger partial charge in [0.15, 0.2) is 0 Å². The van der Waals surface area contributed by atoms with E-state index in [1.165, 1.54) is 28.6 Å². The van der Waals surface area contributed by atoms with E-state index in [-0.39, 0.29) is 17.6 Å². The molecule has 4 rings (SSSR count). The highest BCUT2D eigenvalue weighted by atomic mass is 32.2. The van der Waals surface area contributed by atoms with Crippen LogP contribution in [0.1, 0.15) is 36.1 Å². The lowest BCUT2D eigenvalue weighted by atomic mass is 10.1. The highest BCUT2D eigenvalue weighted by Gasteiger charge is 2.24. The molecule has 8 heteroatoms. The quantitative estimate of drug-likeness (QED) is 0.630. The zero-order valence-electron chi connectivity index (χ0n) is 13.8. The summed E-state index contributed by atoms with van der Waals surface area (Å²) < 4.78 is 0. The first-order valence-corrected chi connectivity index (χ1v) is 10.5. The van der Waals surface area contributed by atoms with E-state index < -0.39 is 6.04 Å². The number of hydrogen-bond donors (Lipinski definition) is 2. The van der Waals surface area contributed by atoms with E-state index in [4.69, 9.17) is 0 Å². The number of aromatic nitrogens is 2. The molecule has 1 aliphatic heterocycles. The minimum Gasteiger partial charge on any atom is -0.354 e. The summed E-state index contributed by atoms with van der Waals surface area (Å²) in [5.41, 5.74) is 1.37. The van der Waals surface area contributed by atoms with Gasteiger partial charge in [-0.2, -0.15) is 0 Å². The molecule has 1 fully saturated rings. The van der Waals surface area contributed by atoms with Gasteiger partial charge in [-0.15, -0.1) is 11.3 Å². The van der Waals surface area contributed by atoms with Gasteiger partial charge >= 0.3 is 0 Å². The summed E-state index contributed by atoms with van der Waals surface area (Å²) in [7, 11) is 0. The van der Waals surface area contributed by atoms with Crippen LogP contribution >= 0.6 is 23.1 Å². The Kier molecular flexibility index (Phi) is 4.89. The van der Waals surface area contributed by atoms with E-state index in [9.17, 15) is 9.59 Å². The average molecular weight is 377 g/mol. The Morgan fingerprint density at radius 3 is 3.16 bits per heavy atom. The van der Waals surface area contributed by atoms with Crippen molar-refractivity contribution in [1.82, 2.24) is 20.6 Å². The zero-order chi connectivity index (χ0) is 17.2. The number of hydrogen-bond acceptors (Lipinski definition) is 6. The summed E-state index contributed by atoms with van der Waals surface area (Å²) in [5, 5.41) is 7.71. The highest BCUT2D eigenvalue weighted by Crippen LogP contribution is 2.39. The topological polar surface area (TPSA) is 84.0 Å². The minimum atomic E-state index is -0.411. The molecule has 0 saturated carbocycles. The van der Waals surface area contributed by atoms with E-state index in [0.717, 1.165) is 40.9 Å². The number of nitrogens with zero attached hydrogens (tertiary/aromatic N) is 2. The SMILES string of the molecule is O=C(CSc1ncnc2sc3c(c12)CCC3)N[C@H]1CCCCNC1=O. The largest absolute Gasteiger partial charge is 0.354 e. The number of amides is 2. The van der Waals surface area contributed by atoms with E-state index in [1.54, 1.807) is 17.7 Å². The molecule has 1 aliphatic carbocycles. The molecule has 1 atom stereocenters. The molecule has 132 valence electrons. The fourth-order valence-corrected chi connectivity index (χ4v) is 5.59. The molecule has 0 radical (unpaired) electrons. The predicted molar refractivity (Wildman–Crippen MR) is 99.0 cm³/mol. The molecule has 0 aromatic carbocycles. The first-order chi connectivity index (χ1) is 12.2. The third-order valence-electron chi connectivity index (χ3n) is 4.68. The van der Waals surface area contributed by atoms with Crippen molar-refractivity contribution in [2.75, 3.05) is 12.3 Å². The monoisotopic (exact) mass is 376 g/mol. The van der Waals surface area contributed by atoms with Gasteiger partial charge in [-0.25, -0.2) is 9.97 Å². The summed E-state index contributed by atoms with van der Waals surface area (Å²) in [6.07, 6.45) is 7.58. The molecule has 2 amide bonds. The molecule has 1 saturated heterocycles. The molecule has 6 nitrogen and oxygen atoms in total. The number of thioether (sulfide) groups is 1. The maximum atomic E-state index is 12.3. The summed E-state index contributed by atoms with van der Waals surface area (Å²) in [6.45, 7) is 0.697. The summed E-state index contributed by atoms with van der Waals surface area (Å²) in [5.74, 6) is 0.0715. The lowest BCUT2D eigenvalue weighted by Crippen LogP contribution is -2.46. The number of carbonyl (C=O) groups excluding carboxylic acids is 2. The first-order valence-electron chi connectivity index (χ1n) is 8.67. The van der Waals surface area contributed by atoms with Crippen LogP contribution < -0.4 is 10.6 Å². The lowest BCUT2D eigenvalue weighted by Gasteiger charge is -2.15. The van der Waals surface area contributed by atoms with Crippen molar-refractivity contribution in [3.63, 3.8) is 0 Å². The summed E-state index contributed by atoms with van der Waals surface area (Å²) in [6, 6.07) is -0.411. The Labute approximate surface area is 154 Å². The Morgan fingerprint density at radius 1 is 1.32 bits per heavy atom. The van der Waals surface area contributed by atoms with Gasteiger partial charge in [0.1, 0.15) is 22.2 Å². The van der Waals surface area contributed by atoms with Crippen LogP contribution in [0.4, 0.5) is 0 Å². The average Bonchev–Trinajstić information content (AvgIpc) is 3.13. The van der Waals surface area contributed by atoms with Gasteiger partial charge in [-0.3, -0.25) is 9.59 Å². The lowest BCUT2D eigenvalue weighted by molar-refractivity contribution is -0.127. The molecule has 2 aliphatic rings. The maximum absolute atomic E-state index is 12.3. The molecule has 25 heavy (non-hydrogen) atoms. The molecule has 2 aromatic heterocycles. The molecular weight excluding hydrogens is 356 g/mol. The minimum absolute atomic E-state index is 0.0732. The van der Waals surface area contributed by atoms with Crippen molar-refractivity contribution in [3.05, 3.63) is 16.8 Å². The van der Waals surface area contributed by atoms with Crippen LogP contribution in [0.2, 0.25) is 0 Å². The van der Waals surface area contributed by atoms with Crippen molar-refractivity contribution in [3.8, 4) is 0 Å². The van der Waals surface area contributed by atoms with Crippen molar-refractivity contribution in [1.29, 1.82) is 0 Å². The van der Waals surface area contributed by atoms with Crippen molar-refractivity contribution in [2.45, 2.75) is 49.6 Å². The van der Waals surface area contributed by atoms with Crippen molar-refractivity contribution in [2.24, 2.45) is 0 Å². The number of rotatable bonds is 4. The second kappa shape index (κ2) is 7.29. The van der Waals surface area contributed by atoms with Gasteiger partial charge in [-0.05, 0) is 44.1 Å². The van der Waals surface area contributed by atoms with Crippen LogP contribution in [-0.2, 0) is 22.4 Å². The van der Waals surface area contributed by atoms with Crippen LogP contribution in [0.25, 0.3) is 10.2 Å². The molecule has 0 bridgehead atoms. The van der Waals surface area contributed by atoms with E-state index in [0.29, 0.717) is 13.0 Å². The molecular formula is C17H20N4O2S2. The molecule has 0 spiro atoms. The number of fused-ring (bicyclic) bond motifs is 3. The van der Waals surface area contributed by atoms with Gasteiger partial charge in [0.2, 0.25) is 11.8 Å². The Hall–Kier alpha value is -1.67. The Balaban J connectivity index is 1.44. The molecule has 2 aromatic rings. The van der Waals surface area contributed by atoms with Crippen LogP contribution in [0, 0.1) is 0 Å². The summed E-state index contributed by atoms with van der Waals surface area (Å²) in [4.78, 5) is 35.5. The summed E-state index contributed by atoms with van der Waals surface area (Å²) >= 11 is 3.18. The first kappa shape index (κ1) is 16.8. The van der Waals surface area contributed by atoms with Crippen molar-refractivity contribution < 1.29 is 9.59 Å². The second-order valence-corrected chi connectivity index (χ2v) is 8.46. The third-order valence-corrected chi connectivity index (χ3v) is 6.87. The van der Waals surface area contributed by atoms with Crippen LogP contribution in [-0.4, -0.2) is 40.1 Å². The fraction of sp³-hybridized carbons (Fsp3) is 0.529.